The molecule has 0 amide bonds. The fourth-order valence-electron chi connectivity index (χ4n) is 2.48. The summed E-state index contributed by atoms with van der Waals surface area (Å²) < 4.78 is 5.25. The summed E-state index contributed by atoms with van der Waals surface area (Å²) in [6, 6.07) is 1.75. The molecule has 0 spiro atoms. The molecule has 100 valence electrons. The van der Waals surface area contributed by atoms with Gasteiger partial charge in [0.25, 0.3) is 0 Å². The zero-order valence-corrected chi connectivity index (χ0v) is 10.5. The van der Waals surface area contributed by atoms with Crippen LogP contribution in [0.15, 0.2) is 10.5 Å². The van der Waals surface area contributed by atoms with Gasteiger partial charge in [0.05, 0.1) is 12.6 Å². The van der Waals surface area contributed by atoms with Gasteiger partial charge in [-0.3, -0.25) is 0 Å². The predicted molar refractivity (Wildman–Crippen MR) is 65.5 cm³/mol. The van der Waals surface area contributed by atoms with Crippen LogP contribution in [0.3, 0.4) is 0 Å². The number of furan rings is 1. The third-order valence-corrected chi connectivity index (χ3v) is 3.41. The van der Waals surface area contributed by atoms with Crippen molar-refractivity contribution in [2.75, 3.05) is 6.54 Å². The van der Waals surface area contributed by atoms with E-state index < -0.39 is 5.97 Å². The topological polar surface area (TPSA) is 82.7 Å². The molecule has 1 aliphatic rings. The summed E-state index contributed by atoms with van der Waals surface area (Å²) >= 11 is 0. The lowest BCUT2D eigenvalue weighted by molar-refractivity contribution is 0.0659. The summed E-state index contributed by atoms with van der Waals surface area (Å²) in [5.74, 6) is 0.138. The number of carboxylic acid groups (broad SMARTS) is 1. The molecule has 18 heavy (non-hydrogen) atoms. The number of carbonyl (C=O) groups is 1. The van der Waals surface area contributed by atoms with Gasteiger partial charge in [-0.2, -0.15) is 0 Å². The highest BCUT2D eigenvalue weighted by Crippen LogP contribution is 2.24. The van der Waals surface area contributed by atoms with Crippen LogP contribution in [0, 0.1) is 12.8 Å². The Kier molecular flexibility index (Phi) is 4.04. The van der Waals surface area contributed by atoms with Gasteiger partial charge in [0.15, 0.2) is 0 Å². The van der Waals surface area contributed by atoms with Crippen LogP contribution in [0.2, 0.25) is 0 Å². The maximum atomic E-state index is 10.8. The normalized spacial score (nSPS) is 23.4. The second-order valence-corrected chi connectivity index (χ2v) is 4.99. The maximum Gasteiger partial charge on any atom is 0.372 e. The Balaban J connectivity index is 1.80. The van der Waals surface area contributed by atoms with Crippen molar-refractivity contribution >= 4 is 5.97 Å². The van der Waals surface area contributed by atoms with E-state index in [2.05, 4.69) is 5.32 Å². The molecular formula is C13H19NO4. The average molecular weight is 253 g/mol. The van der Waals surface area contributed by atoms with E-state index in [9.17, 15) is 9.90 Å². The van der Waals surface area contributed by atoms with Crippen LogP contribution in [-0.4, -0.2) is 28.8 Å². The van der Waals surface area contributed by atoms with Crippen LogP contribution < -0.4 is 5.32 Å². The van der Waals surface area contributed by atoms with Crippen molar-refractivity contribution in [2.45, 2.75) is 38.8 Å². The third-order valence-electron chi connectivity index (χ3n) is 3.41. The molecule has 0 aliphatic heterocycles. The number of rotatable bonds is 5. The predicted octanol–water partition coefficient (Wildman–Crippen LogP) is 1.54. The molecule has 1 aliphatic carbocycles. The summed E-state index contributed by atoms with van der Waals surface area (Å²) in [5.41, 5.74) is 0.649. The maximum absolute atomic E-state index is 10.8. The summed E-state index contributed by atoms with van der Waals surface area (Å²) in [4.78, 5) is 10.8. The van der Waals surface area contributed by atoms with E-state index in [-0.39, 0.29) is 11.9 Å². The van der Waals surface area contributed by atoms with Gasteiger partial charge in [-0.1, -0.05) is 0 Å². The Bertz CT molecular complexity index is 427. The number of hydrogen-bond donors (Lipinski definition) is 3. The first-order chi connectivity index (χ1) is 8.56. The van der Waals surface area contributed by atoms with Gasteiger partial charge in [0.2, 0.25) is 5.76 Å². The first kappa shape index (κ1) is 13.1. The van der Waals surface area contributed by atoms with Crippen molar-refractivity contribution in [1.29, 1.82) is 0 Å². The van der Waals surface area contributed by atoms with Crippen molar-refractivity contribution in [3.05, 3.63) is 23.2 Å². The Morgan fingerprint density at radius 1 is 1.56 bits per heavy atom. The quantitative estimate of drug-likeness (QED) is 0.741. The van der Waals surface area contributed by atoms with Gasteiger partial charge in [0, 0.05) is 5.56 Å². The molecule has 2 unspecified atom stereocenters. The van der Waals surface area contributed by atoms with E-state index >= 15 is 0 Å². The van der Waals surface area contributed by atoms with E-state index in [1.807, 2.05) is 0 Å². The summed E-state index contributed by atoms with van der Waals surface area (Å²) in [6.45, 7) is 3.09. The molecule has 0 aromatic carbocycles. The highest BCUT2D eigenvalue weighted by atomic mass is 16.4. The molecule has 2 rings (SSSR count). The highest BCUT2D eigenvalue weighted by Gasteiger charge is 2.22. The Labute approximate surface area is 106 Å². The number of hydrogen-bond acceptors (Lipinski definition) is 4. The second kappa shape index (κ2) is 5.54. The Morgan fingerprint density at radius 2 is 2.33 bits per heavy atom. The minimum absolute atomic E-state index is 0.0167. The fourth-order valence-corrected chi connectivity index (χ4v) is 2.48. The summed E-state index contributed by atoms with van der Waals surface area (Å²) in [7, 11) is 0. The van der Waals surface area contributed by atoms with Crippen LogP contribution >= 0.6 is 0 Å². The van der Waals surface area contributed by atoms with Crippen molar-refractivity contribution in [3.63, 3.8) is 0 Å². The smallest absolute Gasteiger partial charge is 0.372 e. The number of carboxylic acids is 1. The molecule has 2 atom stereocenters. The van der Waals surface area contributed by atoms with E-state index in [0.717, 1.165) is 25.8 Å². The van der Waals surface area contributed by atoms with Gasteiger partial charge in [-0.05, 0) is 44.7 Å². The molecule has 0 bridgehead atoms. The molecule has 1 fully saturated rings. The third kappa shape index (κ3) is 3.11. The fraction of sp³-hybridized carbons (Fsp3) is 0.615. The molecule has 1 saturated carbocycles. The van der Waals surface area contributed by atoms with E-state index in [1.165, 1.54) is 0 Å². The summed E-state index contributed by atoms with van der Waals surface area (Å²) in [5, 5.41) is 21.5. The van der Waals surface area contributed by atoms with Crippen molar-refractivity contribution in [3.8, 4) is 0 Å². The summed E-state index contributed by atoms with van der Waals surface area (Å²) in [6.07, 6.45) is 2.63. The van der Waals surface area contributed by atoms with Crippen molar-refractivity contribution in [1.82, 2.24) is 5.32 Å². The molecule has 1 aromatic rings. The van der Waals surface area contributed by atoms with Crippen molar-refractivity contribution < 1.29 is 19.4 Å². The van der Waals surface area contributed by atoms with Crippen LogP contribution in [0.5, 0.6) is 0 Å². The van der Waals surface area contributed by atoms with Crippen LogP contribution in [0.25, 0.3) is 0 Å². The standard InChI is InChI=1S/C13H19NO4/c1-8-4-11(18-12(8)13(16)17)7-14-6-9-2-3-10(15)5-9/h4,9-10,14-15H,2-3,5-7H2,1H3,(H,16,17). The first-order valence-electron chi connectivity index (χ1n) is 6.27. The number of aromatic carboxylic acids is 1. The molecular weight excluding hydrogens is 234 g/mol. The molecule has 3 N–H and O–H groups in total. The second-order valence-electron chi connectivity index (χ2n) is 4.99. The van der Waals surface area contributed by atoms with Gasteiger partial charge < -0.3 is 19.9 Å². The molecule has 5 nitrogen and oxygen atoms in total. The number of aryl methyl sites for hydroxylation is 1. The molecule has 5 heteroatoms. The lowest BCUT2D eigenvalue weighted by atomic mass is 10.1. The molecule has 1 heterocycles. The zero-order chi connectivity index (χ0) is 13.1. The zero-order valence-electron chi connectivity index (χ0n) is 10.5. The first-order valence-corrected chi connectivity index (χ1v) is 6.27. The number of aliphatic hydroxyl groups excluding tert-OH is 1. The van der Waals surface area contributed by atoms with Gasteiger partial charge in [-0.15, -0.1) is 0 Å². The van der Waals surface area contributed by atoms with Gasteiger partial charge >= 0.3 is 5.97 Å². The van der Waals surface area contributed by atoms with E-state index in [1.54, 1.807) is 13.0 Å². The Morgan fingerprint density at radius 3 is 2.89 bits per heavy atom. The van der Waals surface area contributed by atoms with Gasteiger partial charge in [0.1, 0.15) is 5.76 Å². The van der Waals surface area contributed by atoms with Crippen molar-refractivity contribution in [2.24, 2.45) is 5.92 Å². The average Bonchev–Trinajstić information content (AvgIpc) is 2.85. The van der Waals surface area contributed by atoms with Crippen LogP contribution in [0.1, 0.15) is 41.1 Å². The molecule has 1 aromatic heterocycles. The minimum Gasteiger partial charge on any atom is -0.475 e. The lowest BCUT2D eigenvalue weighted by Gasteiger charge is -2.09. The van der Waals surface area contributed by atoms with E-state index in [0.29, 0.717) is 23.8 Å². The minimum atomic E-state index is -1.03. The number of aliphatic hydroxyl groups is 1. The SMILES string of the molecule is Cc1cc(CNCC2CCC(O)C2)oc1C(=O)O. The lowest BCUT2D eigenvalue weighted by Crippen LogP contribution is -2.21. The molecule has 0 radical (unpaired) electrons. The largest absolute Gasteiger partial charge is 0.475 e. The molecule has 0 saturated heterocycles. The van der Waals surface area contributed by atoms with E-state index in [4.69, 9.17) is 9.52 Å². The van der Waals surface area contributed by atoms with Crippen LogP contribution in [0.4, 0.5) is 0 Å². The van der Waals surface area contributed by atoms with Crippen LogP contribution in [-0.2, 0) is 6.54 Å². The Hall–Kier alpha value is -1.33. The van der Waals surface area contributed by atoms with Gasteiger partial charge in [-0.25, -0.2) is 4.79 Å². The monoisotopic (exact) mass is 253 g/mol. The highest BCUT2D eigenvalue weighted by molar-refractivity contribution is 5.86. The number of nitrogens with one attached hydrogen (secondary N) is 1.